The number of rotatable bonds is 7. The molecule has 1 amide bonds. The van der Waals surface area contributed by atoms with Crippen LogP contribution in [0.15, 0.2) is 64.6 Å². The van der Waals surface area contributed by atoms with Crippen LogP contribution in [-0.2, 0) is 14.8 Å². The third-order valence-corrected chi connectivity index (χ3v) is 6.65. The minimum atomic E-state index is -3.99. The molecular weight excluding hydrogens is 404 g/mol. The number of hydrazone groups is 1. The number of ether oxygens (including phenoxy) is 1. The van der Waals surface area contributed by atoms with Crippen LogP contribution in [0.2, 0.25) is 0 Å². The fourth-order valence-electron chi connectivity index (χ4n) is 3.15. The van der Waals surface area contributed by atoms with Gasteiger partial charge in [-0.1, -0.05) is 30.3 Å². The highest BCUT2D eigenvalue weighted by Crippen LogP contribution is 2.31. The van der Waals surface area contributed by atoms with E-state index < -0.39 is 22.5 Å². The first-order valence-corrected chi connectivity index (χ1v) is 11.1. The minimum Gasteiger partial charge on any atom is -0.495 e. The molecule has 0 radical (unpaired) electrons. The Morgan fingerprint density at radius 3 is 2.40 bits per heavy atom. The molecule has 8 nitrogen and oxygen atoms in total. The number of benzene rings is 2. The lowest BCUT2D eigenvalue weighted by molar-refractivity contribution is -0.119. The van der Waals surface area contributed by atoms with Gasteiger partial charge >= 0.3 is 0 Å². The second kappa shape index (κ2) is 9.73. The number of nitrogens with one attached hydrogen (secondary N) is 1. The van der Waals surface area contributed by atoms with Crippen LogP contribution in [0.5, 0.6) is 5.75 Å². The van der Waals surface area contributed by atoms with Crippen molar-refractivity contribution in [1.29, 1.82) is 0 Å². The maximum absolute atomic E-state index is 13.3. The fourth-order valence-corrected chi connectivity index (χ4v) is 4.60. The molecule has 160 valence electrons. The third kappa shape index (κ3) is 5.17. The molecule has 0 aromatic heterocycles. The van der Waals surface area contributed by atoms with E-state index in [2.05, 4.69) is 15.4 Å². The highest BCUT2D eigenvalue weighted by atomic mass is 32.2. The third-order valence-electron chi connectivity index (χ3n) is 4.88. The second-order valence-electron chi connectivity index (χ2n) is 7.01. The lowest BCUT2D eigenvalue weighted by Crippen LogP contribution is -2.40. The molecule has 1 aliphatic rings. The van der Waals surface area contributed by atoms with Crippen molar-refractivity contribution in [2.45, 2.75) is 17.7 Å². The van der Waals surface area contributed by atoms with Gasteiger partial charge in [0.05, 0.1) is 17.7 Å². The molecule has 0 aliphatic carbocycles. The van der Waals surface area contributed by atoms with E-state index in [0.29, 0.717) is 5.75 Å². The molecule has 0 spiro atoms. The summed E-state index contributed by atoms with van der Waals surface area (Å²) in [4.78, 5) is 14.9. The van der Waals surface area contributed by atoms with Gasteiger partial charge < -0.3 is 9.64 Å². The first kappa shape index (κ1) is 21.8. The van der Waals surface area contributed by atoms with E-state index in [1.54, 1.807) is 42.5 Å². The Kier molecular flexibility index (Phi) is 7.07. The van der Waals surface area contributed by atoms with E-state index >= 15 is 0 Å². The number of hydrogen-bond acceptors (Lipinski definition) is 6. The van der Waals surface area contributed by atoms with Gasteiger partial charge in [-0.15, -0.1) is 0 Å². The Morgan fingerprint density at radius 2 is 1.73 bits per heavy atom. The summed E-state index contributed by atoms with van der Waals surface area (Å²) < 4.78 is 33.0. The number of sulfonamides is 1. The second-order valence-corrected chi connectivity index (χ2v) is 8.88. The number of amides is 1. The molecular formula is C21H26N4O4S. The molecule has 1 aliphatic heterocycles. The number of hydrogen-bond donors (Lipinski definition) is 1. The standard InChI is InChI=1S/C21H26N4O4S/c1-24-14-12-17(13-15-24)22-23-21(26)16-25(19-10-6-7-11-20(19)29-2)30(27,28)18-8-4-3-5-9-18/h3-11H,12-16H2,1-2H3,(H,23,26). The van der Waals surface area contributed by atoms with Gasteiger partial charge in [-0.3, -0.25) is 9.10 Å². The fraction of sp³-hybridized carbons (Fsp3) is 0.333. The van der Waals surface area contributed by atoms with Crippen LogP contribution < -0.4 is 14.5 Å². The van der Waals surface area contributed by atoms with Gasteiger partial charge in [0.25, 0.3) is 15.9 Å². The van der Waals surface area contributed by atoms with E-state index in [1.165, 1.54) is 19.2 Å². The number of methoxy groups -OCH3 is 1. The van der Waals surface area contributed by atoms with Crippen LogP contribution in [0.3, 0.4) is 0 Å². The molecule has 1 N–H and O–H groups in total. The van der Waals surface area contributed by atoms with Crippen molar-refractivity contribution >= 4 is 27.3 Å². The van der Waals surface area contributed by atoms with Crippen molar-refractivity contribution < 1.29 is 17.9 Å². The van der Waals surface area contributed by atoms with E-state index in [9.17, 15) is 13.2 Å². The van der Waals surface area contributed by atoms with E-state index in [4.69, 9.17) is 4.74 Å². The van der Waals surface area contributed by atoms with Crippen molar-refractivity contribution in [1.82, 2.24) is 10.3 Å². The SMILES string of the molecule is COc1ccccc1N(CC(=O)NN=C1CCN(C)CC1)S(=O)(=O)c1ccccc1. The van der Waals surface area contributed by atoms with Crippen LogP contribution in [0.25, 0.3) is 0 Å². The molecule has 9 heteroatoms. The first-order valence-electron chi connectivity index (χ1n) is 9.65. The van der Waals surface area contributed by atoms with E-state index in [0.717, 1.165) is 35.9 Å². The maximum atomic E-state index is 13.3. The predicted molar refractivity (Wildman–Crippen MR) is 116 cm³/mol. The van der Waals surface area contributed by atoms with E-state index in [1.807, 2.05) is 7.05 Å². The van der Waals surface area contributed by atoms with Crippen molar-refractivity contribution in [2.24, 2.45) is 5.10 Å². The zero-order chi connectivity index (χ0) is 21.6. The summed E-state index contributed by atoms with van der Waals surface area (Å²) in [5.41, 5.74) is 3.69. The van der Waals surface area contributed by atoms with Crippen LogP contribution in [0.4, 0.5) is 5.69 Å². The number of para-hydroxylation sites is 2. The molecule has 2 aromatic rings. The summed E-state index contributed by atoms with van der Waals surface area (Å²) in [6.07, 6.45) is 1.55. The summed E-state index contributed by atoms with van der Waals surface area (Å²) in [5, 5.41) is 4.20. The normalized spacial score (nSPS) is 14.8. The van der Waals surface area contributed by atoms with Gasteiger partial charge in [-0.25, -0.2) is 13.8 Å². The maximum Gasteiger partial charge on any atom is 0.264 e. The van der Waals surface area contributed by atoms with Gasteiger partial charge in [0.15, 0.2) is 0 Å². The summed E-state index contributed by atoms with van der Waals surface area (Å²) >= 11 is 0. The zero-order valence-electron chi connectivity index (χ0n) is 17.1. The van der Waals surface area contributed by atoms with Crippen molar-refractivity contribution in [3.8, 4) is 5.75 Å². The summed E-state index contributed by atoms with van der Waals surface area (Å²) in [6, 6.07) is 14.7. The predicted octanol–water partition coefficient (Wildman–Crippen LogP) is 2.09. The number of carbonyl (C=O) groups excluding carboxylic acids is 1. The molecule has 1 fully saturated rings. The van der Waals surface area contributed by atoms with Gasteiger partial charge in [0, 0.05) is 31.6 Å². The number of piperidine rings is 1. The quantitative estimate of drug-likeness (QED) is 0.679. The molecule has 1 heterocycles. The average molecular weight is 431 g/mol. The Balaban J connectivity index is 1.87. The highest BCUT2D eigenvalue weighted by molar-refractivity contribution is 7.92. The van der Waals surface area contributed by atoms with E-state index in [-0.39, 0.29) is 10.6 Å². The monoisotopic (exact) mass is 430 g/mol. The average Bonchev–Trinajstić information content (AvgIpc) is 2.77. The molecule has 0 saturated carbocycles. The number of nitrogens with zero attached hydrogens (tertiary/aromatic N) is 3. The highest BCUT2D eigenvalue weighted by Gasteiger charge is 2.29. The van der Waals surface area contributed by atoms with Crippen molar-refractivity contribution in [3.05, 3.63) is 54.6 Å². The Morgan fingerprint density at radius 1 is 1.10 bits per heavy atom. The Labute approximate surface area is 177 Å². The molecule has 0 atom stereocenters. The summed E-state index contributed by atoms with van der Waals surface area (Å²) in [7, 11) is -0.502. The van der Waals surface area contributed by atoms with Crippen LogP contribution in [0, 0.1) is 0 Å². The lowest BCUT2D eigenvalue weighted by atomic mass is 10.1. The van der Waals surface area contributed by atoms with Crippen LogP contribution in [-0.4, -0.2) is 58.7 Å². The van der Waals surface area contributed by atoms with Crippen LogP contribution >= 0.6 is 0 Å². The van der Waals surface area contributed by atoms with Gasteiger partial charge in [-0.05, 0) is 31.3 Å². The number of anilines is 1. The minimum absolute atomic E-state index is 0.0883. The molecule has 0 unspecified atom stereocenters. The van der Waals surface area contributed by atoms with Gasteiger partial charge in [0.2, 0.25) is 0 Å². The number of carbonyl (C=O) groups is 1. The number of likely N-dealkylation sites (tertiary alicyclic amines) is 1. The molecule has 2 aromatic carbocycles. The Bertz CT molecular complexity index is 999. The van der Waals surface area contributed by atoms with Gasteiger partial charge in [0.1, 0.15) is 12.3 Å². The molecule has 30 heavy (non-hydrogen) atoms. The topological polar surface area (TPSA) is 91.3 Å². The zero-order valence-corrected chi connectivity index (χ0v) is 17.9. The Hall–Kier alpha value is -2.91. The lowest BCUT2D eigenvalue weighted by Gasteiger charge is -2.25. The van der Waals surface area contributed by atoms with Gasteiger partial charge in [-0.2, -0.15) is 5.10 Å². The van der Waals surface area contributed by atoms with Crippen molar-refractivity contribution in [3.63, 3.8) is 0 Å². The summed E-state index contributed by atoms with van der Waals surface area (Å²) in [6.45, 7) is 1.34. The smallest absolute Gasteiger partial charge is 0.264 e. The summed E-state index contributed by atoms with van der Waals surface area (Å²) in [5.74, 6) is -0.168. The molecule has 3 rings (SSSR count). The van der Waals surface area contributed by atoms with Crippen LogP contribution in [0.1, 0.15) is 12.8 Å². The largest absolute Gasteiger partial charge is 0.495 e. The molecule has 1 saturated heterocycles. The van der Waals surface area contributed by atoms with Crippen molar-refractivity contribution in [2.75, 3.05) is 38.1 Å². The first-order chi connectivity index (χ1) is 14.4. The molecule has 0 bridgehead atoms.